The smallest absolute Gasteiger partial charge is 0.0579 e. The Morgan fingerprint density at radius 2 is 2.10 bits per heavy atom. The van der Waals surface area contributed by atoms with Crippen LogP contribution in [0.3, 0.4) is 0 Å². The van der Waals surface area contributed by atoms with Gasteiger partial charge in [0, 0.05) is 15.7 Å². The molecule has 2 rings (SSSR count). The zero-order valence-electron chi connectivity index (χ0n) is 11.7. The minimum absolute atomic E-state index is 0.179. The van der Waals surface area contributed by atoms with Crippen molar-refractivity contribution in [2.75, 3.05) is 6.54 Å². The van der Waals surface area contributed by atoms with Gasteiger partial charge in [0.2, 0.25) is 0 Å². The van der Waals surface area contributed by atoms with Gasteiger partial charge in [-0.25, -0.2) is 0 Å². The SMILES string of the molecule is CCNC(Cc1ccc(Br)cc1Cl)c1cc(C)ccn1. The molecule has 1 N–H and O–H groups in total. The highest BCUT2D eigenvalue weighted by Gasteiger charge is 2.14. The minimum atomic E-state index is 0.179. The van der Waals surface area contributed by atoms with E-state index in [0.29, 0.717) is 0 Å². The highest BCUT2D eigenvalue weighted by atomic mass is 79.9. The van der Waals surface area contributed by atoms with Crippen molar-refractivity contribution >= 4 is 27.5 Å². The Bertz CT molecular complexity index is 586. The van der Waals surface area contributed by atoms with E-state index >= 15 is 0 Å². The molecule has 1 aromatic heterocycles. The molecule has 0 aliphatic heterocycles. The summed E-state index contributed by atoms with van der Waals surface area (Å²) in [6.45, 7) is 5.08. The molecule has 0 saturated carbocycles. The van der Waals surface area contributed by atoms with Gasteiger partial charge >= 0.3 is 0 Å². The number of aryl methyl sites for hydroxylation is 1. The number of rotatable bonds is 5. The van der Waals surface area contributed by atoms with Crippen LogP contribution < -0.4 is 5.32 Å². The van der Waals surface area contributed by atoms with Crippen molar-refractivity contribution in [3.8, 4) is 0 Å². The molecule has 4 heteroatoms. The number of nitrogens with zero attached hydrogens (tertiary/aromatic N) is 1. The molecular weight excluding hydrogens is 336 g/mol. The van der Waals surface area contributed by atoms with Crippen molar-refractivity contribution < 1.29 is 0 Å². The van der Waals surface area contributed by atoms with Crippen molar-refractivity contribution in [1.29, 1.82) is 0 Å². The van der Waals surface area contributed by atoms with E-state index in [1.807, 2.05) is 24.4 Å². The molecule has 2 nitrogen and oxygen atoms in total. The average Bonchev–Trinajstić information content (AvgIpc) is 2.41. The second kappa shape index (κ2) is 7.21. The molecule has 0 saturated heterocycles. The molecule has 1 heterocycles. The van der Waals surface area contributed by atoms with E-state index in [-0.39, 0.29) is 6.04 Å². The molecule has 2 aromatic rings. The van der Waals surface area contributed by atoms with Crippen molar-refractivity contribution in [2.45, 2.75) is 26.3 Å². The van der Waals surface area contributed by atoms with Gasteiger partial charge in [0.25, 0.3) is 0 Å². The summed E-state index contributed by atoms with van der Waals surface area (Å²) in [5, 5.41) is 4.27. The lowest BCUT2D eigenvalue weighted by atomic mass is 10.0. The monoisotopic (exact) mass is 352 g/mol. The molecule has 1 unspecified atom stereocenters. The number of nitrogens with one attached hydrogen (secondary N) is 1. The average molecular weight is 354 g/mol. The van der Waals surface area contributed by atoms with Crippen molar-refractivity contribution in [2.24, 2.45) is 0 Å². The zero-order chi connectivity index (χ0) is 14.5. The molecule has 0 aliphatic rings. The first-order valence-corrected chi connectivity index (χ1v) is 7.87. The summed E-state index contributed by atoms with van der Waals surface area (Å²) in [4.78, 5) is 4.49. The molecular formula is C16H18BrClN2. The third-order valence-electron chi connectivity index (χ3n) is 3.18. The first-order valence-electron chi connectivity index (χ1n) is 6.70. The van der Waals surface area contributed by atoms with Crippen molar-refractivity contribution in [3.63, 3.8) is 0 Å². The summed E-state index contributed by atoms with van der Waals surface area (Å²) in [5.74, 6) is 0. The fraction of sp³-hybridized carbons (Fsp3) is 0.312. The summed E-state index contributed by atoms with van der Waals surface area (Å²) >= 11 is 9.75. The lowest BCUT2D eigenvalue weighted by molar-refractivity contribution is 0.536. The number of hydrogen-bond donors (Lipinski definition) is 1. The van der Waals surface area contributed by atoms with Gasteiger partial charge in [-0.2, -0.15) is 0 Å². The van der Waals surface area contributed by atoms with Crippen LogP contribution in [0.15, 0.2) is 41.0 Å². The molecule has 0 aliphatic carbocycles. The Hall–Kier alpha value is -0.900. The van der Waals surface area contributed by atoms with Crippen LogP contribution in [-0.4, -0.2) is 11.5 Å². The molecule has 20 heavy (non-hydrogen) atoms. The Balaban J connectivity index is 2.25. The quantitative estimate of drug-likeness (QED) is 0.843. The van der Waals surface area contributed by atoms with Gasteiger partial charge in [-0.15, -0.1) is 0 Å². The molecule has 0 amide bonds. The predicted molar refractivity (Wildman–Crippen MR) is 88.2 cm³/mol. The highest BCUT2D eigenvalue weighted by molar-refractivity contribution is 9.10. The minimum Gasteiger partial charge on any atom is -0.309 e. The van der Waals surface area contributed by atoms with Gasteiger partial charge in [0.1, 0.15) is 0 Å². The second-order valence-corrected chi connectivity index (χ2v) is 6.13. The van der Waals surface area contributed by atoms with E-state index in [2.05, 4.69) is 52.2 Å². The van der Waals surface area contributed by atoms with Crippen LogP contribution >= 0.6 is 27.5 Å². The first-order chi connectivity index (χ1) is 9.60. The Morgan fingerprint density at radius 3 is 2.75 bits per heavy atom. The molecule has 0 spiro atoms. The van der Waals surface area contributed by atoms with Gasteiger partial charge < -0.3 is 5.32 Å². The second-order valence-electron chi connectivity index (χ2n) is 4.81. The van der Waals surface area contributed by atoms with Crippen LogP contribution in [0.2, 0.25) is 5.02 Å². The summed E-state index contributed by atoms with van der Waals surface area (Å²) in [6.07, 6.45) is 2.69. The van der Waals surface area contributed by atoms with Crippen LogP contribution in [-0.2, 0) is 6.42 Å². The number of hydrogen-bond acceptors (Lipinski definition) is 2. The standard InChI is InChI=1S/C16H18BrClN2/c1-3-19-16(15-8-11(2)6-7-20-15)9-12-4-5-13(17)10-14(12)18/h4-8,10,16,19H,3,9H2,1-2H3. The number of benzene rings is 1. The molecule has 0 radical (unpaired) electrons. The van der Waals surface area contributed by atoms with Gasteiger partial charge in [-0.1, -0.05) is 40.5 Å². The third kappa shape index (κ3) is 4.05. The molecule has 1 atom stereocenters. The third-order valence-corrected chi connectivity index (χ3v) is 4.03. The first kappa shape index (κ1) is 15.5. The van der Waals surface area contributed by atoms with Crippen LogP contribution in [0, 0.1) is 6.92 Å². The van der Waals surface area contributed by atoms with Crippen molar-refractivity contribution in [1.82, 2.24) is 10.3 Å². The van der Waals surface area contributed by atoms with Gasteiger partial charge in [-0.05, 0) is 55.3 Å². The normalized spacial score (nSPS) is 12.4. The molecule has 0 bridgehead atoms. The number of likely N-dealkylation sites (N-methyl/N-ethyl adjacent to an activating group) is 1. The van der Waals surface area contributed by atoms with E-state index in [1.54, 1.807) is 0 Å². The maximum atomic E-state index is 6.31. The Labute approximate surface area is 133 Å². The van der Waals surface area contributed by atoms with E-state index in [1.165, 1.54) is 5.56 Å². The summed E-state index contributed by atoms with van der Waals surface area (Å²) in [7, 11) is 0. The van der Waals surface area contributed by atoms with E-state index in [0.717, 1.165) is 33.7 Å². The molecule has 1 aromatic carbocycles. The number of aromatic nitrogens is 1. The van der Waals surface area contributed by atoms with Gasteiger partial charge in [0.15, 0.2) is 0 Å². The van der Waals surface area contributed by atoms with Crippen LogP contribution in [0.1, 0.15) is 29.8 Å². The fourth-order valence-corrected chi connectivity index (χ4v) is 2.94. The predicted octanol–water partition coefficient (Wildman–Crippen LogP) is 4.70. The van der Waals surface area contributed by atoms with Gasteiger partial charge in [-0.3, -0.25) is 4.98 Å². The van der Waals surface area contributed by atoms with Crippen LogP contribution in [0.4, 0.5) is 0 Å². The lowest BCUT2D eigenvalue weighted by Gasteiger charge is -2.18. The van der Waals surface area contributed by atoms with Crippen LogP contribution in [0.25, 0.3) is 0 Å². The maximum Gasteiger partial charge on any atom is 0.0579 e. The number of pyridine rings is 1. The summed E-state index contributed by atoms with van der Waals surface area (Å²) in [6, 6.07) is 10.3. The Morgan fingerprint density at radius 1 is 1.30 bits per heavy atom. The van der Waals surface area contributed by atoms with E-state index < -0.39 is 0 Å². The number of halogens is 2. The van der Waals surface area contributed by atoms with E-state index in [9.17, 15) is 0 Å². The fourth-order valence-electron chi connectivity index (χ4n) is 2.18. The molecule has 0 fully saturated rings. The topological polar surface area (TPSA) is 24.9 Å². The van der Waals surface area contributed by atoms with E-state index in [4.69, 9.17) is 11.6 Å². The van der Waals surface area contributed by atoms with Crippen molar-refractivity contribution in [3.05, 3.63) is 62.8 Å². The lowest BCUT2D eigenvalue weighted by Crippen LogP contribution is -2.24. The summed E-state index contributed by atoms with van der Waals surface area (Å²) in [5.41, 5.74) is 3.41. The molecule has 106 valence electrons. The van der Waals surface area contributed by atoms with Gasteiger partial charge in [0.05, 0.1) is 11.7 Å². The largest absolute Gasteiger partial charge is 0.309 e. The Kier molecular flexibility index (Phi) is 5.58. The zero-order valence-corrected chi connectivity index (χ0v) is 14.0. The summed E-state index contributed by atoms with van der Waals surface area (Å²) < 4.78 is 1.000. The van der Waals surface area contributed by atoms with Crippen LogP contribution in [0.5, 0.6) is 0 Å². The highest BCUT2D eigenvalue weighted by Crippen LogP contribution is 2.26. The maximum absolute atomic E-state index is 6.31.